The van der Waals surface area contributed by atoms with E-state index >= 15 is 0 Å². The molecule has 0 spiro atoms. The molecule has 0 aliphatic carbocycles. The van der Waals surface area contributed by atoms with Crippen molar-refractivity contribution in [1.29, 1.82) is 0 Å². The maximum absolute atomic E-state index is 6.32. The van der Waals surface area contributed by atoms with Gasteiger partial charge >= 0.3 is 0 Å². The summed E-state index contributed by atoms with van der Waals surface area (Å²) in [5.41, 5.74) is 13.2. The van der Waals surface area contributed by atoms with Crippen molar-refractivity contribution >= 4 is 11.6 Å². The fourth-order valence-corrected chi connectivity index (χ4v) is 2.69. The first-order chi connectivity index (χ1) is 8.90. The van der Waals surface area contributed by atoms with Gasteiger partial charge in [0.2, 0.25) is 0 Å². The standard InChI is InChI=1S/C17H20ClN/c1-10-7-12(3)16(8-11(10)2)14-5-6-15(13(4)19)17(18)9-14/h5-9,13H,19H2,1-4H3. The van der Waals surface area contributed by atoms with Gasteiger partial charge in [0.1, 0.15) is 0 Å². The van der Waals surface area contributed by atoms with E-state index < -0.39 is 0 Å². The Bertz CT molecular complexity index is 615. The number of benzene rings is 2. The van der Waals surface area contributed by atoms with Crippen molar-refractivity contribution in [3.63, 3.8) is 0 Å². The molecule has 19 heavy (non-hydrogen) atoms. The van der Waals surface area contributed by atoms with E-state index in [2.05, 4.69) is 39.0 Å². The average Bonchev–Trinajstić information content (AvgIpc) is 2.33. The fourth-order valence-electron chi connectivity index (χ4n) is 2.34. The molecule has 1 atom stereocenters. The van der Waals surface area contributed by atoms with Crippen LogP contribution in [0.1, 0.15) is 35.2 Å². The zero-order valence-corrected chi connectivity index (χ0v) is 12.7. The summed E-state index contributed by atoms with van der Waals surface area (Å²) in [5.74, 6) is 0. The molecule has 2 rings (SSSR count). The van der Waals surface area contributed by atoms with Crippen molar-refractivity contribution in [3.05, 3.63) is 57.6 Å². The minimum Gasteiger partial charge on any atom is -0.324 e. The van der Waals surface area contributed by atoms with Crippen molar-refractivity contribution < 1.29 is 0 Å². The highest BCUT2D eigenvalue weighted by molar-refractivity contribution is 6.31. The predicted molar refractivity (Wildman–Crippen MR) is 83.7 cm³/mol. The van der Waals surface area contributed by atoms with Gasteiger partial charge in [0.15, 0.2) is 0 Å². The van der Waals surface area contributed by atoms with Gasteiger partial charge < -0.3 is 5.73 Å². The van der Waals surface area contributed by atoms with E-state index in [4.69, 9.17) is 17.3 Å². The summed E-state index contributed by atoms with van der Waals surface area (Å²) < 4.78 is 0. The molecule has 0 amide bonds. The lowest BCUT2D eigenvalue weighted by atomic mass is 9.94. The molecule has 0 aliphatic rings. The summed E-state index contributed by atoms with van der Waals surface area (Å²) in [6.07, 6.45) is 0. The molecule has 0 saturated carbocycles. The van der Waals surface area contributed by atoms with Crippen molar-refractivity contribution in [2.24, 2.45) is 5.73 Å². The van der Waals surface area contributed by atoms with Crippen LogP contribution in [0.3, 0.4) is 0 Å². The van der Waals surface area contributed by atoms with E-state index in [9.17, 15) is 0 Å². The second-order valence-electron chi connectivity index (χ2n) is 5.28. The number of rotatable bonds is 2. The van der Waals surface area contributed by atoms with E-state index in [1.54, 1.807) is 0 Å². The average molecular weight is 274 g/mol. The predicted octanol–water partition coefficient (Wildman–Crippen LogP) is 4.95. The lowest BCUT2D eigenvalue weighted by molar-refractivity contribution is 0.819. The highest BCUT2D eigenvalue weighted by Crippen LogP contribution is 2.31. The van der Waals surface area contributed by atoms with Gasteiger partial charge in [0.25, 0.3) is 0 Å². The smallest absolute Gasteiger partial charge is 0.0459 e. The molecule has 1 unspecified atom stereocenters. The zero-order chi connectivity index (χ0) is 14.2. The molecule has 2 heteroatoms. The van der Waals surface area contributed by atoms with E-state index in [1.807, 2.05) is 19.1 Å². The lowest BCUT2D eigenvalue weighted by Crippen LogP contribution is -2.05. The molecule has 0 aromatic heterocycles. The van der Waals surface area contributed by atoms with Gasteiger partial charge in [-0.25, -0.2) is 0 Å². The molecule has 2 N–H and O–H groups in total. The van der Waals surface area contributed by atoms with Crippen LogP contribution in [0.25, 0.3) is 11.1 Å². The molecule has 2 aromatic rings. The Hall–Kier alpha value is -1.31. The monoisotopic (exact) mass is 273 g/mol. The highest BCUT2D eigenvalue weighted by Gasteiger charge is 2.09. The molecular formula is C17H20ClN. The molecule has 1 nitrogen and oxygen atoms in total. The Morgan fingerprint density at radius 2 is 1.58 bits per heavy atom. The molecule has 0 radical (unpaired) electrons. The van der Waals surface area contributed by atoms with Gasteiger partial charge in [-0.1, -0.05) is 35.9 Å². The summed E-state index contributed by atoms with van der Waals surface area (Å²) in [5, 5.41) is 0.741. The molecule has 0 bridgehead atoms. The van der Waals surface area contributed by atoms with Gasteiger partial charge in [-0.3, -0.25) is 0 Å². The molecule has 0 aliphatic heterocycles. The van der Waals surface area contributed by atoms with Crippen molar-refractivity contribution in [2.75, 3.05) is 0 Å². The van der Waals surface area contributed by atoms with Crippen LogP contribution >= 0.6 is 11.6 Å². The third kappa shape index (κ3) is 2.83. The quantitative estimate of drug-likeness (QED) is 0.823. The Morgan fingerprint density at radius 1 is 0.947 bits per heavy atom. The van der Waals surface area contributed by atoms with Crippen LogP contribution in [0.15, 0.2) is 30.3 Å². The molecule has 0 heterocycles. The number of hydrogen-bond acceptors (Lipinski definition) is 1. The van der Waals surface area contributed by atoms with Gasteiger partial charge in [0, 0.05) is 11.1 Å². The molecule has 0 saturated heterocycles. The Kier molecular flexibility index (Phi) is 3.98. The molecular weight excluding hydrogens is 254 g/mol. The van der Waals surface area contributed by atoms with E-state index in [1.165, 1.54) is 22.3 Å². The third-order valence-electron chi connectivity index (χ3n) is 3.64. The van der Waals surface area contributed by atoms with Gasteiger partial charge in [-0.15, -0.1) is 0 Å². The van der Waals surface area contributed by atoms with Crippen LogP contribution < -0.4 is 5.73 Å². The normalized spacial score (nSPS) is 12.5. The summed E-state index contributed by atoms with van der Waals surface area (Å²) in [6, 6.07) is 10.5. The first-order valence-electron chi connectivity index (χ1n) is 6.53. The SMILES string of the molecule is Cc1cc(C)c(-c2ccc(C(C)N)c(Cl)c2)cc1C. The van der Waals surface area contributed by atoms with Crippen LogP contribution in [0.5, 0.6) is 0 Å². The Labute approximate surface area is 120 Å². The maximum Gasteiger partial charge on any atom is 0.0459 e. The minimum atomic E-state index is -0.0394. The lowest BCUT2D eigenvalue weighted by Gasteiger charge is -2.13. The second kappa shape index (κ2) is 5.36. The number of halogens is 1. The molecule has 2 aromatic carbocycles. The Balaban J connectivity index is 2.54. The van der Waals surface area contributed by atoms with Crippen molar-refractivity contribution in [1.82, 2.24) is 0 Å². The zero-order valence-electron chi connectivity index (χ0n) is 11.9. The van der Waals surface area contributed by atoms with Crippen molar-refractivity contribution in [3.8, 4) is 11.1 Å². The van der Waals surface area contributed by atoms with Crippen molar-refractivity contribution in [2.45, 2.75) is 33.7 Å². The summed E-state index contributed by atoms with van der Waals surface area (Å²) >= 11 is 6.32. The Morgan fingerprint density at radius 3 is 2.16 bits per heavy atom. The largest absolute Gasteiger partial charge is 0.324 e. The third-order valence-corrected chi connectivity index (χ3v) is 3.97. The first kappa shape index (κ1) is 14.1. The number of aryl methyl sites for hydroxylation is 3. The van der Waals surface area contributed by atoms with E-state index in [-0.39, 0.29) is 6.04 Å². The van der Waals surface area contributed by atoms with Gasteiger partial charge in [-0.2, -0.15) is 0 Å². The van der Waals surface area contributed by atoms with Crippen LogP contribution in [0, 0.1) is 20.8 Å². The fraction of sp³-hybridized carbons (Fsp3) is 0.294. The minimum absolute atomic E-state index is 0.0394. The number of nitrogens with two attached hydrogens (primary N) is 1. The van der Waals surface area contributed by atoms with Crippen LogP contribution in [0.4, 0.5) is 0 Å². The number of hydrogen-bond donors (Lipinski definition) is 1. The summed E-state index contributed by atoms with van der Waals surface area (Å²) in [7, 11) is 0. The second-order valence-corrected chi connectivity index (χ2v) is 5.68. The van der Waals surface area contributed by atoms with Crippen LogP contribution in [-0.2, 0) is 0 Å². The first-order valence-corrected chi connectivity index (χ1v) is 6.91. The van der Waals surface area contributed by atoms with Crippen LogP contribution in [0.2, 0.25) is 5.02 Å². The van der Waals surface area contributed by atoms with Gasteiger partial charge in [0.05, 0.1) is 0 Å². The summed E-state index contributed by atoms with van der Waals surface area (Å²) in [6.45, 7) is 8.35. The molecule has 0 fully saturated rings. The van der Waals surface area contributed by atoms with E-state index in [0.717, 1.165) is 16.1 Å². The maximum atomic E-state index is 6.32. The topological polar surface area (TPSA) is 26.0 Å². The van der Waals surface area contributed by atoms with E-state index in [0.29, 0.717) is 0 Å². The highest BCUT2D eigenvalue weighted by atomic mass is 35.5. The van der Waals surface area contributed by atoms with Crippen LogP contribution in [-0.4, -0.2) is 0 Å². The van der Waals surface area contributed by atoms with Gasteiger partial charge in [-0.05, 0) is 67.1 Å². The summed E-state index contributed by atoms with van der Waals surface area (Å²) in [4.78, 5) is 0. The molecule has 100 valence electrons.